The summed E-state index contributed by atoms with van der Waals surface area (Å²) in [5.74, 6) is -0.250. The Kier molecular flexibility index (Phi) is 6.55. The van der Waals surface area contributed by atoms with E-state index in [2.05, 4.69) is 10.1 Å². The molecule has 6 nitrogen and oxygen atoms in total. The van der Waals surface area contributed by atoms with Gasteiger partial charge in [0.1, 0.15) is 11.5 Å². The van der Waals surface area contributed by atoms with E-state index >= 15 is 0 Å². The van der Waals surface area contributed by atoms with Gasteiger partial charge in [-0.1, -0.05) is 41.1 Å². The van der Waals surface area contributed by atoms with Crippen molar-refractivity contribution in [3.05, 3.63) is 71.0 Å². The van der Waals surface area contributed by atoms with Crippen LogP contribution in [0.4, 0.5) is 10.3 Å². The van der Waals surface area contributed by atoms with E-state index in [4.69, 9.17) is 9.26 Å². The minimum atomic E-state index is -0.527. The lowest BCUT2D eigenvalue weighted by molar-refractivity contribution is 0.0685. The number of rotatable bonds is 6. The van der Waals surface area contributed by atoms with Crippen molar-refractivity contribution in [3.8, 4) is 11.3 Å². The first-order valence-electron chi connectivity index (χ1n) is 10.9. The molecule has 0 atom stereocenters. The highest BCUT2D eigenvalue weighted by atomic mass is 19.1. The second-order valence-electron chi connectivity index (χ2n) is 8.29. The molecule has 2 heterocycles. The Bertz CT molecular complexity index is 1090. The molecular weight excluding hydrogens is 409 g/mol. The molecule has 1 amide bonds. The van der Waals surface area contributed by atoms with Gasteiger partial charge in [-0.3, -0.25) is 4.79 Å². The van der Waals surface area contributed by atoms with Gasteiger partial charge in [0.2, 0.25) is 5.88 Å². The molecule has 1 aromatic heterocycles. The SMILES string of the molecule is Cc1cccc(-c2noc(N3CCOCC3)c2CN(C(=O)c2ccccc2F)C(C)C)c1. The zero-order chi connectivity index (χ0) is 22.7. The van der Waals surface area contributed by atoms with Crippen molar-refractivity contribution in [2.45, 2.75) is 33.4 Å². The average molecular weight is 438 g/mol. The van der Waals surface area contributed by atoms with Crippen LogP contribution in [0.15, 0.2) is 53.1 Å². The highest BCUT2D eigenvalue weighted by molar-refractivity contribution is 5.94. The van der Waals surface area contributed by atoms with E-state index in [0.717, 1.165) is 16.7 Å². The summed E-state index contributed by atoms with van der Waals surface area (Å²) in [5.41, 5.74) is 3.60. The molecule has 0 bridgehead atoms. The molecule has 1 fully saturated rings. The lowest BCUT2D eigenvalue weighted by Gasteiger charge is -2.30. The minimum Gasteiger partial charge on any atom is -0.378 e. The summed E-state index contributed by atoms with van der Waals surface area (Å²) in [6.07, 6.45) is 0. The molecular formula is C25H28FN3O3. The predicted octanol–water partition coefficient (Wildman–Crippen LogP) is 4.68. The van der Waals surface area contributed by atoms with Gasteiger partial charge in [0.25, 0.3) is 5.91 Å². The molecule has 1 aliphatic heterocycles. The fraction of sp³-hybridized carbons (Fsp3) is 0.360. The van der Waals surface area contributed by atoms with Crippen molar-refractivity contribution in [1.82, 2.24) is 10.1 Å². The molecule has 0 N–H and O–H groups in total. The zero-order valence-corrected chi connectivity index (χ0v) is 18.7. The number of amides is 1. The van der Waals surface area contributed by atoms with Crippen LogP contribution < -0.4 is 4.90 Å². The zero-order valence-electron chi connectivity index (χ0n) is 18.7. The van der Waals surface area contributed by atoms with Crippen LogP contribution in [0.1, 0.15) is 35.3 Å². The quantitative estimate of drug-likeness (QED) is 0.561. The van der Waals surface area contributed by atoms with E-state index in [1.54, 1.807) is 17.0 Å². The van der Waals surface area contributed by atoms with Gasteiger partial charge in [-0.25, -0.2) is 4.39 Å². The van der Waals surface area contributed by atoms with Crippen molar-refractivity contribution in [2.24, 2.45) is 0 Å². The number of anilines is 1. The van der Waals surface area contributed by atoms with E-state index in [0.29, 0.717) is 37.9 Å². The molecule has 168 valence electrons. The molecule has 0 saturated carbocycles. The maximum Gasteiger partial charge on any atom is 0.257 e. The average Bonchev–Trinajstić information content (AvgIpc) is 3.21. The van der Waals surface area contributed by atoms with Crippen LogP contribution in [0.25, 0.3) is 11.3 Å². The molecule has 0 unspecified atom stereocenters. The third-order valence-electron chi connectivity index (χ3n) is 5.67. The van der Waals surface area contributed by atoms with Gasteiger partial charge in [0.15, 0.2) is 0 Å². The monoisotopic (exact) mass is 437 g/mol. The number of hydrogen-bond acceptors (Lipinski definition) is 5. The van der Waals surface area contributed by atoms with E-state index in [1.165, 1.54) is 12.1 Å². The third-order valence-corrected chi connectivity index (χ3v) is 5.67. The minimum absolute atomic E-state index is 0.0580. The Morgan fingerprint density at radius 2 is 1.91 bits per heavy atom. The van der Waals surface area contributed by atoms with Crippen molar-refractivity contribution in [3.63, 3.8) is 0 Å². The van der Waals surface area contributed by atoms with Crippen molar-refractivity contribution < 1.29 is 18.4 Å². The number of aryl methyl sites for hydroxylation is 1. The van der Waals surface area contributed by atoms with Gasteiger partial charge < -0.3 is 19.1 Å². The number of nitrogens with zero attached hydrogens (tertiary/aromatic N) is 3. The van der Waals surface area contributed by atoms with Crippen LogP contribution in [-0.4, -0.2) is 48.3 Å². The number of aromatic nitrogens is 1. The van der Waals surface area contributed by atoms with E-state index in [1.807, 2.05) is 45.0 Å². The van der Waals surface area contributed by atoms with Crippen molar-refractivity contribution in [2.75, 3.05) is 31.2 Å². The molecule has 0 radical (unpaired) electrons. The first-order valence-corrected chi connectivity index (χ1v) is 10.9. The Labute approximate surface area is 187 Å². The number of halogens is 1. The molecule has 2 aromatic carbocycles. The lowest BCUT2D eigenvalue weighted by Crippen LogP contribution is -2.39. The molecule has 1 saturated heterocycles. The molecule has 0 aliphatic carbocycles. The number of carbonyl (C=O) groups excluding carboxylic acids is 1. The van der Waals surface area contributed by atoms with E-state index < -0.39 is 5.82 Å². The number of carbonyl (C=O) groups is 1. The molecule has 7 heteroatoms. The summed E-state index contributed by atoms with van der Waals surface area (Å²) in [4.78, 5) is 17.1. The molecule has 1 aliphatic rings. The number of hydrogen-bond donors (Lipinski definition) is 0. The standard InChI is InChI=1S/C25H28FN3O3/c1-17(2)29(24(30)20-9-4-5-10-22(20)26)16-21-23(19-8-6-7-18(3)15-19)27-32-25(21)28-11-13-31-14-12-28/h4-10,15,17H,11-14,16H2,1-3H3. The van der Waals surface area contributed by atoms with Crippen LogP contribution in [0.5, 0.6) is 0 Å². The van der Waals surface area contributed by atoms with Gasteiger partial charge >= 0.3 is 0 Å². The summed E-state index contributed by atoms with van der Waals surface area (Å²) < 4.78 is 25.7. The van der Waals surface area contributed by atoms with E-state index in [-0.39, 0.29) is 24.1 Å². The molecule has 3 aromatic rings. The summed E-state index contributed by atoms with van der Waals surface area (Å²) in [6.45, 7) is 8.68. The van der Waals surface area contributed by atoms with Gasteiger partial charge in [0, 0.05) is 24.7 Å². The highest BCUT2D eigenvalue weighted by Crippen LogP contribution is 2.34. The third kappa shape index (κ3) is 4.53. The van der Waals surface area contributed by atoms with Gasteiger partial charge in [-0.15, -0.1) is 0 Å². The topological polar surface area (TPSA) is 58.8 Å². The molecule has 4 rings (SSSR count). The van der Waals surface area contributed by atoms with Crippen LogP contribution in [0.3, 0.4) is 0 Å². The Morgan fingerprint density at radius 1 is 1.16 bits per heavy atom. The summed E-state index contributed by atoms with van der Waals surface area (Å²) in [6, 6.07) is 14.0. The second-order valence-corrected chi connectivity index (χ2v) is 8.29. The summed E-state index contributed by atoms with van der Waals surface area (Å²) in [7, 11) is 0. The van der Waals surface area contributed by atoms with Crippen LogP contribution >= 0.6 is 0 Å². The van der Waals surface area contributed by atoms with Crippen LogP contribution in [0, 0.1) is 12.7 Å². The fourth-order valence-corrected chi connectivity index (χ4v) is 3.93. The summed E-state index contributed by atoms with van der Waals surface area (Å²) >= 11 is 0. The Hall–Kier alpha value is -3.19. The normalized spacial score (nSPS) is 14.1. The summed E-state index contributed by atoms with van der Waals surface area (Å²) in [5, 5.41) is 4.40. The van der Waals surface area contributed by atoms with Crippen molar-refractivity contribution in [1.29, 1.82) is 0 Å². The lowest BCUT2D eigenvalue weighted by atomic mass is 10.0. The van der Waals surface area contributed by atoms with Gasteiger partial charge in [0.05, 0.1) is 30.9 Å². The van der Waals surface area contributed by atoms with Gasteiger partial charge in [-0.2, -0.15) is 0 Å². The van der Waals surface area contributed by atoms with Gasteiger partial charge in [-0.05, 0) is 39.0 Å². The van der Waals surface area contributed by atoms with Crippen LogP contribution in [0.2, 0.25) is 0 Å². The van der Waals surface area contributed by atoms with Crippen LogP contribution in [-0.2, 0) is 11.3 Å². The second kappa shape index (κ2) is 9.53. The first-order chi connectivity index (χ1) is 15.5. The highest BCUT2D eigenvalue weighted by Gasteiger charge is 2.29. The number of benzene rings is 2. The number of morpholine rings is 1. The molecule has 32 heavy (non-hydrogen) atoms. The fourth-order valence-electron chi connectivity index (χ4n) is 3.93. The largest absolute Gasteiger partial charge is 0.378 e. The maximum absolute atomic E-state index is 14.4. The first kappa shape index (κ1) is 22.0. The van der Waals surface area contributed by atoms with Crippen molar-refractivity contribution >= 4 is 11.8 Å². The number of ether oxygens (including phenoxy) is 1. The predicted molar refractivity (Wildman–Crippen MR) is 121 cm³/mol. The Balaban J connectivity index is 1.76. The van der Waals surface area contributed by atoms with E-state index in [9.17, 15) is 9.18 Å². The smallest absolute Gasteiger partial charge is 0.257 e. The maximum atomic E-state index is 14.4. The Morgan fingerprint density at radius 3 is 2.59 bits per heavy atom. The molecule has 0 spiro atoms.